The lowest BCUT2D eigenvalue weighted by Crippen LogP contribution is -2.16. The van der Waals surface area contributed by atoms with Crippen molar-refractivity contribution >= 4 is 11.6 Å². The maximum Gasteiger partial charge on any atom is 0.180 e. The van der Waals surface area contributed by atoms with Crippen LogP contribution in [0.3, 0.4) is 0 Å². The average Bonchev–Trinajstić information content (AvgIpc) is 2.69. The van der Waals surface area contributed by atoms with Gasteiger partial charge in [-0.25, -0.2) is 0 Å². The van der Waals surface area contributed by atoms with Gasteiger partial charge in [-0.3, -0.25) is 0 Å². The van der Waals surface area contributed by atoms with Crippen LogP contribution < -0.4 is 15.2 Å². The smallest absolute Gasteiger partial charge is 0.180 e. The van der Waals surface area contributed by atoms with Gasteiger partial charge in [0, 0.05) is 6.54 Å². The van der Waals surface area contributed by atoms with Gasteiger partial charge in [-0.2, -0.15) is 0 Å². The first-order chi connectivity index (χ1) is 9.24. The van der Waals surface area contributed by atoms with Gasteiger partial charge in [-0.1, -0.05) is 24.4 Å². The summed E-state index contributed by atoms with van der Waals surface area (Å²) in [4.78, 5) is 0. The molecule has 1 aliphatic rings. The van der Waals surface area contributed by atoms with Gasteiger partial charge in [-0.05, 0) is 43.4 Å². The third kappa shape index (κ3) is 3.77. The number of halogens is 1. The molecule has 0 amide bonds. The quantitative estimate of drug-likeness (QED) is 0.852. The van der Waals surface area contributed by atoms with Crippen molar-refractivity contribution in [2.45, 2.75) is 51.2 Å². The number of ether oxygens (including phenoxy) is 2. The van der Waals surface area contributed by atoms with Crippen molar-refractivity contribution < 1.29 is 9.47 Å². The molecule has 0 radical (unpaired) electrons. The number of benzene rings is 1. The highest BCUT2D eigenvalue weighted by Gasteiger charge is 2.18. The number of nitrogens with two attached hydrogens (primary N) is 1. The van der Waals surface area contributed by atoms with E-state index >= 15 is 0 Å². The van der Waals surface area contributed by atoms with E-state index in [0.717, 1.165) is 18.4 Å². The molecular formula is C15H22ClNO2. The standard InChI is InChI=1S/C15H22ClNO2/c1-18-14-9-11(10-17)8-13(16)15(14)19-12-6-4-2-3-5-7-12/h8-9,12H,2-7,10,17H2,1H3. The lowest BCUT2D eigenvalue weighted by molar-refractivity contribution is 0.176. The van der Waals surface area contributed by atoms with Crippen LogP contribution in [-0.4, -0.2) is 13.2 Å². The normalized spacial score (nSPS) is 17.0. The number of methoxy groups -OCH3 is 1. The molecule has 0 aliphatic heterocycles. The molecule has 0 bridgehead atoms. The van der Waals surface area contributed by atoms with Crippen LogP contribution in [0.5, 0.6) is 11.5 Å². The molecule has 1 aliphatic carbocycles. The van der Waals surface area contributed by atoms with E-state index in [1.165, 1.54) is 25.7 Å². The molecule has 2 N–H and O–H groups in total. The largest absolute Gasteiger partial charge is 0.493 e. The first kappa shape index (κ1) is 14.5. The second-order valence-corrected chi connectivity index (χ2v) is 5.45. The molecule has 0 saturated heterocycles. The predicted octanol–water partition coefficient (Wildman–Crippen LogP) is 3.91. The van der Waals surface area contributed by atoms with Crippen molar-refractivity contribution in [2.24, 2.45) is 5.73 Å². The van der Waals surface area contributed by atoms with Gasteiger partial charge >= 0.3 is 0 Å². The molecule has 106 valence electrons. The second-order valence-electron chi connectivity index (χ2n) is 5.04. The molecule has 0 atom stereocenters. The molecule has 0 aromatic heterocycles. The Morgan fingerprint density at radius 3 is 2.47 bits per heavy atom. The van der Waals surface area contributed by atoms with E-state index in [4.69, 9.17) is 26.8 Å². The fourth-order valence-corrected chi connectivity index (χ4v) is 2.81. The summed E-state index contributed by atoms with van der Waals surface area (Å²) in [6, 6.07) is 3.76. The number of rotatable bonds is 4. The number of hydrogen-bond donors (Lipinski definition) is 1. The van der Waals surface area contributed by atoms with Crippen LogP contribution in [0.25, 0.3) is 0 Å². The molecule has 19 heavy (non-hydrogen) atoms. The van der Waals surface area contributed by atoms with Crippen LogP contribution in [0.4, 0.5) is 0 Å². The van der Waals surface area contributed by atoms with Crippen molar-refractivity contribution in [3.8, 4) is 11.5 Å². The molecule has 1 saturated carbocycles. The van der Waals surface area contributed by atoms with E-state index in [2.05, 4.69) is 0 Å². The minimum atomic E-state index is 0.248. The van der Waals surface area contributed by atoms with Gasteiger partial charge < -0.3 is 15.2 Å². The minimum absolute atomic E-state index is 0.248. The average molecular weight is 284 g/mol. The van der Waals surface area contributed by atoms with Crippen LogP contribution in [0, 0.1) is 0 Å². The first-order valence-corrected chi connectivity index (χ1v) is 7.35. The van der Waals surface area contributed by atoms with Crippen molar-refractivity contribution in [3.05, 3.63) is 22.7 Å². The Balaban J connectivity index is 2.18. The van der Waals surface area contributed by atoms with Gasteiger partial charge in [0.1, 0.15) is 0 Å². The molecule has 1 fully saturated rings. The topological polar surface area (TPSA) is 44.5 Å². The highest BCUT2D eigenvalue weighted by Crippen LogP contribution is 2.38. The van der Waals surface area contributed by atoms with Crippen molar-refractivity contribution in [1.82, 2.24) is 0 Å². The van der Waals surface area contributed by atoms with Crippen molar-refractivity contribution in [2.75, 3.05) is 7.11 Å². The Bertz CT molecular complexity index is 415. The van der Waals surface area contributed by atoms with Gasteiger partial charge in [0.2, 0.25) is 0 Å². The molecule has 2 rings (SSSR count). The van der Waals surface area contributed by atoms with Crippen molar-refractivity contribution in [1.29, 1.82) is 0 Å². The SMILES string of the molecule is COc1cc(CN)cc(Cl)c1OC1CCCCCC1. The third-order valence-corrected chi connectivity index (χ3v) is 3.89. The van der Waals surface area contributed by atoms with Gasteiger partial charge in [0.05, 0.1) is 18.2 Å². The molecule has 4 heteroatoms. The maximum absolute atomic E-state index is 6.29. The van der Waals surface area contributed by atoms with Crippen molar-refractivity contribution in [3.63, 3.8) is 0 Å². The predicted molar refractivity (Wildman–Crippen MR) is 78.0 cm³/mol. The van der Waals surface area contributed by atoms with E-state index in [9.17, 15) is 0 Å². The van der Waals surface area contributed by atoms with Gasteiger partial charge in [-0.15, -0.1) is 0 Å². The van der Waals surface area contributed by atoms with Gasteiger partial charge in [0.15, 0.2) is 11.5 Å². The third-order valence-electron chi connectivity index (χ3n) is 3.61. The first-order valence-electron chi connectivity index (χ1n) is 6.97. The highest BCUT2D eigenvalue weighted by molar-refractivity contribution is 6.32. The van der Waals surface area contributed by atoms with E-state index in [1.54, 1.807) is 7.11 Å². The Kier molecular flexibility index (Phi) is 5.34. The molecule has 0 heterocycles. The Morgan fingerprint density at radius 1 is 1.21 bits per heavy atom. The zero-order chi connectivity index (χ0) is 13.7. The van der Waals surface area contributed by atoms with Crippen LogP contribution in [0.2, 0.25) is 5.02 Å². The highest BCUT2D eigenvalue weighted by atomic mass is 35.5. The van der Waals surface area contributed by atoms with Crippen LogP contribution in [0.15, 0.2) is 12.1 Å². The zero-order valence-electron chi connectivity index (χ0n) is 11.5. The summed E-state index contributed by atoms with van der Waals surface area (Å²) in [6.07, 6.45) is 7.50. The summed E-state index contributed by atoms with van der Waals surface area (Å²) in [5.74, 6) is 1.34. The lowest BCUT2D eigenvalue weighted by atomic mass is 10.1. The molecule has 3 nitrogen and oxygen atoms in total. The Hall–Kier alpha value is -0.930. The summed E-state index contributed by atoms with van der Waals surface area (Å²) in [6.45, 7) is 0.444. The zero-order valence-corrected chi connectivity index (χ0v) is 12.2. The minimum Gasteiger partial charge on any atom is -0.493 e. The van der Waals surface area contributed by atoms with Crippen LogP contribution in [-0.2, 0) is 6.54 Å². The van der Waals surface area contributed by atoms with E-state index in [1.807, 2.05) is 12.1 Å². The van der Waals surface area contributed by atoms with Crippen LogP contribution >= 0.6 is 11.6 Å². The summed E-state index contributed by atoms with van der Waals surface area (Å²) in [5.41, 5.74) is 6.60. The molecule has 1 aromatic carbocycles. The fourth-order valence-electron chi connectivity index (χ4n) is 2.53. The van der Waals surface area contributed by atoms with E-state index in [0.29, 0.717) is 23.1 Å². The van der Waals surface area contributed by atoms with Gasteiger partial charge in [0.25, 0.3) is 0 Å². The molecular weight excluding hydrogens is 262 g/mol. The maximum atomic E-state index is 6.29. The summed E-state index contributed by atoms with van der Waals surface area (Å²) >= 11 is 6.29. The van der Waals surface area contributed by atoms with E-state index < -0.39 is 0 Å². The second kappa shape index (κ2) is 7.01. The Morgan fingerprint density at radius 2 is 1.89 bits per heavy atom. The number of hydrogen-bond acceptors (Lipinski definition) is 3. The summed E-state index contributed by atoms with van der Waals surface area (Å²) in [5, 5.41) is 0.587. The van der Waals surface area contributed by atoms with Crippen LogP contribution in [0.1, 0.15) is 44.1 Å². The lowest BCUT2D eigenvalue weighted by Gasteiger charge is -2.20. The monoisotopic (exact) mass is 283 g/mol. The molecule has 0 spiro atoms. The molecule has 1 aromatic rings. The summed E-state index contributed by atoms with van der Waals surface area (Å²) < 4.78 is 11.5. The fraction of sp³-hybridized carbons (Fsp3) is 0.600. The van der Waals surface area contributed by atoms with E-state index in [-0.39, 0.29) is 6.10 Å². The Labute approximate surface area is 120 Å². The summed E-state index contributed by atoms with van der Waals surface area (Å²) in [7, 11) is 1.63. The molecule has 0 unspecified atom stereocenters.